The molecule has 0 spiro atoms. The molecule has 0 aliphatic rings. The smallest absolute Gasteiger partial charge is 0.239 e. The maximum Gasteiger partial charge on any atom is 0.239 e. The molecule has 1 unspecified atom stereocenters. The van der Waals surface area contributed by atoms with E-state index >= 15 is 0 Å². The van der Waals surface area contributed by atoms with Crippen LogP contribution in [0.3, 0.4) is 0 Å². The predicted octanol–water partition coefficient (Wildman–Crippen LogP) is 1.23. The average molecular weight is 186 g/mol. The summed E-state index contributed by atoms with van der Waals surface area (Å²) >= 11 is 0. The number of carbonyl (C=O) groups excluding carboxylic acids is 1. The van der Waals surface area contributed by atoms with Crippen molar-refractivity contribution in [3.8, 4) is 0 Å². The lowest BCUT2D eigenvalue weighted by Crippen LogP contribution is -2.45. The maximum atomic E-state index is 11.6. The second kappa shape index (κ2) is 5.97. The van der Waals surface area contributed by atoms with Crippen molar-refractivity contribution in [2.24, 2.45) is 11.7 Å². The second-order valence-corrected chi connectivity index (χ2v) is 3.67. The summed E-state index contributed by atoms with van der Waals surface area (Å²) in [6.07, 6.45) is 1.93. The summed E-state index contributed by atoms with van der Waals surface area (Å²) in [6.45, 7) is 6.92. The molecule has 0 aliphatic heterocycles. The van der Waals surface area contributed by atoms with Gasteiger partial charge in [-0.2, -0.15) is 0 Å². The van der Waals surface area contributed by atoms with Crippen molar-refractivity contribution in [3.63, 3.8) is 0 Å². The zero-order valence-corrected chi connectivity index (χ0v) is 9.21. The third-order valence-electron chi connectivity index (χ3n) is 2.48. The van der Waals surface area contributed by atoms with Crippen molar-refractivity contribution in [1.29, 1.82) is 0 Å². The lowest BCUT2D eigenvalue weighted by Gasteiger charge is -2.24. The molecule has 0 aliphatic carbocycles. The molecular weight excluding hydrogens is 164 g/mol. The van der Waals surface area contributed by atoms with Crippen LogP contribution in [-0.4, -0.2) is 30.4 Å². The van der Waals surface area contributed by atoms with Crippen LogP contribution in [0.4, 0.5) is 0 Å². The lowest BCUT2D eigenvalue weighted by atomic mass is 9.99. The van der Waals surface area contributed by atoms with E-state index in [0.29, 0.717) is 0 Å². The van der Waals surface area contributed by atoms with Crippen LogP contribution >= 0.6 is 0 Å². The molecule has 2 N–H and O–H groups in total. The van der Waals surface area contributed by atoms with Crippen LogP contribution in [0, 0.1) is 5.92 Å². The number of hydrogen-bond acceptors (Lipinski definition) is 2. The van der Waals surface area contributed by atoms with Crippen LogP contribution in [0.25, 0.3) is 0 Å². The van der Waals surface area contributed by atoms with Gasteiger partial charge in [0.25, 0.3) is 0 Å². The second-order valence-electron chi connectivity index (χ2n) is 3.67. The van der Waals surface area contributed by atoms with Gasteiger partial charge in [0, 0.05) is 13.6 Å². The Morgan fingerprint density at radius 2 is 2.00 bits per heavy atom. The fourth-order valence-corrected chi connectivity index (χ4v) is 1.20. The minimum absolute atomic E-state index is 0.0659. The molecule has 78 valence electrons. The Balaban J connectivity index is 4.08. The first-order valence-electron chi connectivity index (χ1n) is 5.05. The van der Waals surface area contributed by atoms with Gasteiger partial charge in [0.1, 0.15) is 0 Å². The van der Waals surface area contributed by atoms with Crippen LogP contribution in [0.5, 0.6) is 0 Å². The fourth-order valence-electron chi connectivity index (χ4n) is 1.20. The Labute approximate surface area is 81.3 Å². The van der Waals surface area contributed by atoms with Gasteiger partial charge >= 0.3 is 0 Å². The Kier molecular flexibility index (Phi) is 5.71. The van der Waals surface area contributed by atoms with E-state index in [1.807, 2.05) is 14.0 Å². The third-order valence-corrected chi connectivity index (χ3v) is 2.48. The first kappa shape index (κ1) is 12.4. The van der Waals surface area contributed by atoms with Crippen LogP contribution < -0.4 is 5.73 Å². The van der Waals surface area contributed by atoms with Gasteiger partial charge < -0.3 is 10.6 Å². The van der Waals surface area contributed by atoms with Gasteiger partial charge in [0.05, 0.1) is 6.04 Å². The van der Waals surface area contributed by atoms with Crippen molar-refractivity contribution in [3.05, 3.63) is 0 Å². The zero-order chi connectivity index (χ0) is 10.4. The number of amides is 1. The van der Waals surface area contributed by atoms with Crippen molar-refractivity contribution < 1.29 is 4.79 Å². The minimum atomic E-state index is -0.332. The first-order chi connectivity index (χ1) is 6.04. The molecule has 0 rings (SSSR count). The van der Waals surface area contributed by atoms with Gasteiger partial charge in [-0.15, -0.1) is 0 Å². The normalized spacial score (nSPS) is 15.2. The Hall–Kier alpha value is -0.570. The standard InChI is InChI=1S/C10H22N2O/c1-5-7-12(4)10(13)9(11)8(3)6-2/h8-9H,5-7,11H2,1-4H3/t8?,9-/m0/s1. The number of likely N-dealkylation sites (N-methyl/N-ethyl adjacent to an activating group) is 1. The van der Waals surface area contributed by atoms with E-state index in [2.05, 4.69) is 13.8 Å². The van der Waals surface area contributed by atoms with Crippen LogP contribution in [0.15, 0.2) is 0 Å². The molecule has 0 saturated carbocycles. The predicted molar refractivity (Wildman–Crippen MR) is 55.4 cm³/mol. The van der Waals surface area contributed by atoms with E-state index < -0.39 is 0 Å². The monoisotopic (exact) mass is 186 g/mol. The van der Waals surface area contributed by atoms with Crippen molar-refractivity contribution in [2.45, 2.75) is 39.7 Å². The summed E-state index contributed by atoms with van der Waals surface area (Å²) < 4.78 is 0. The number of nitrogens with zero attached hydrogens (tertiary/aromatic N) is 1. The maximum absolute atomic E-state index is 11.6. The summed E-state index contributed by atoms with van der Waals surface area (Å²) in [7, 11) is 1.81. The van der Waals surface area contributed by atoms with E-state index in [-0.39, 0.29) is 17.9 Å². The van der Waals surface area contributed by atoms with Gasteiger partial charge in [-0.3, -0.25) is 4.79 Å². The summed E-state index contributed by atoms with van der Waals surface area (Å²) in [5, 5.41) is 0. The molecule has 0 fully saturated rings. The highest BCUT2D eigenvalue weighted by atomic mass is 16.2. The molecule has 0 aromatic carbocycles. The number of carbonyl (C=O) groups is 1. The van der Waals surface area contributed by atoms with E-state index in [4.69, 9.17) is 5.73 Å². The van der Waals surface area contributed by atoms with Gasteiger partial charge in [-0.25, -0.2) is 0 Å². The molecule has 3 heteroatoms. The SMILES string of the molecule is CCCN(C)C(=O)[C@@H](N)C(C)CC. The van der Waals surface area contributed by atoms with Crippen LogP contribution in [0.2, 0.25) is 0 Å². The molecule has 0 aromatic heterocycles. The zero-order valence-electron chi connectivity index (χ0n) is 9.21. The topological polar surface area (TPSA) is 46.3 Å². The van der Waals surface area contributed by atoms with Crippen LogP contribution in [0.1, 0.15) is 33.6 Å². The molecule has 0 aromatic rings. The molecule has 0 radical (unpaired) electrons. The molecule has 0 heterocycles. The average Bonchev–Trinajstić information content (AvgIpc) is 2.14. The summed E-state index contributed by atoms with van der Waals surface area (Å²) in [5.41, 5.74) is 5.81. The number of hydrogen-bond donors (Lipinski definition) is 1. The van der Waals surface area contributed by atoms with E-state index in [9.17, 15) is 4.79 Å². The van der Waals surface area contributed by atoms with E-state index in [1.165, 1.54) is 0 Å². The largest absolute Gasteiger partial charge is 0.344 e. The highest BCUT2D eigenvalue weighted by molar-refractivity contribution is 5.81. The molecule has 0 saturated heterocycles. The van der Waals surface area contributed by atoms with Crippen LogP contribution in [-0.2, 0) is 4.79 Å². The molecule has 13 heavy (non-hydrogen) atoms. The Morgan fingerprint density at radius 1 is 1.46 bits per heavy atom. The minimum Gasteiger partial charge on any atom is -0.344 e. The Morgan fingerprint density at radius 3 is 2.38 bits per heavy atom. The number of rotatable bonds is 5. The summed E-state index contributed by atoms with van der Waals surface area (Å²) in [4.78, 5) is 13.4. The van der Waals surface area contributed by atoms with Gasteiger partial charge in [-0.05, 0) is 12.3 Å². The molecule has 0 bridgehead atoms. The molecular formula is C10H22N2O. The summed E-state index contributed by atoms with van der Waals surface area (Å²) in [5.74, 6) is 0.336. The van der Waals surface area contributed by atoms with Crippen molar-refractivity contribution in [1.82, 2.24) is 4.90 Å². The highest BCUT2D eigenvalue weighted by Gasteiger charge is 2.21. The third kappa shape index (κ3) is 3.77. The molecule has 2 atom stereocenters. The van der Waals surface area contributed by atoms with Gasteiger partial charge in [0.2, 0.25) is 5.91 Å². The van der Waals surface area contributed by atoms with Crippen molar-refractivity contribution in [2.75, 3.05) is 13.6 Å². The molecule has 3 nitrogen and oxygen atoms in total. The Bertz CT molecular complexity index is 159. The van der Waals surface area contributed by atoms with Gasteiger partial charge in [-0.1, -0.05) is 27.2 Å². The number of nitrogens with two attached hydrogens (primary N) is 1. The first-order valence-corrected chi connectivity index (χ1v) is 5.05. The lowest BCUT2D eigenvalue weighted by molar-refractivity contribution is -0.132. The van der Waals surface area contributed by atoms with E-state index in [0.717, 1.165) is 19.4 Å². The quantitative estimate of drug-likeness (QED) is 0.702. The molecule has 1 amide bonds. The summed E-state index contributed by atoms with van der Waals surface area (Å²) in [6, 6.07) is -0.332. The fraction of sp³-hybridized carbons (Fsp3) is 0.900. The van der Waals surface area contributed by atoms with Crippen molar-refractivity contribution >= 4 is 5.91 Å². The van der Waals surface area contributed by atoms with Gasteiger partial charge in [0.15, 0.2) is 0 Å². The highest BCUT2D eigenvalue weighted by Crippen LogP contribution is 2.07. The van der Waals surface area contributed by atoms with E-state index in [1.54, 1.807) is 4.90 Å².